The number of para-hydroxylation sites is 1. The molecule has 7 heteroatoms. The van der Waals surface area contributed by atoms with Crippen molar-refractivity contribution in [2.75, 3.05) is 0 Å². The second kappa shape index (κ2) is 8.05. The lowest BCUT2D eigenvalue weighted by Crippen LogP contribution is -2.30. The Balaban J connectivity index is 1.66. The Labute approximate surface area is 172 Å². The van der Waals surface area contributed by atoms with E-state index in [9.17, 15) is 9.18 Å². The van der Waals surface area contributed by atoms with Gasteiger partial charge in [-0.1, -0.05) is 12.1 Å². The molecule has 4 aromatic rings. The molecule has 0 radical (unpaired) electrons. The van der Waals surface area contributed by atoms with Crippen LogP contribution in [0.1, 0.15) is 31.6 Å². The minimum atomic E-state index is -0.390. The Bertz CT molecular complexity index is 1130. The van der Waals surface area contributed by atoms with Crippen LogP contribution >= 0.6 is 11.3 Å². The Morgan fingerprint density at radius 2 is 1.97 bits per heavy atom. The van der Waals surface area contributed by atoms with Crippen LogP contribution in [-0.4, -0.2) is 20.6 Å². The maximum atomic E-state index is 14.2. The topological polar surface area (TPSA) is 51.3 Å². The molecular formula is C22H20FN3O2S. The summed E-state index contributed by atoms with van der Waals surface area (Å²) in [6.07, 6.45) is 3.09. The molecule has 0 aliphatic heterocycles. The summed E-state index contributed by atoms with van der Waals surface area (Å²) in [7, 11) is 0. The van der Waals surface area contributed by atoms with E-state index in [1.165, 1.54) is 21.8 Å². The summed E-state index contributed by atoms with van der Waals surface area (Å²) in [5.74, 6) is 0.137. The summed E-state index contributed by atoms with van der Waals surface area (Å²) in [5, 5.41) is 4.27. The predicted molar refractivity (Wildman–Crippen MR) is 110 cm³/mol. The molecule has 0 N–H and O–H groups in total. The van der Waals surface area contributed by atoms with E-state index in [2.05, 4.69) is 5.10 Å². The Hall–Kier alpha value is -3.19. The summed E-state index contributed by atoms with van der Waals surface area (Å²) in [4.78, 5) is 17.4. The molecule has 0 aliphatic rings. The zero-order valence-electron chi connectivity index (χ0n) is 16.1. The van der Waals surface area contributed by atoms with Gasteiger partial charge in [0.2, 0.25) is 0 Å². The minimum Gasteiger partial charge on any atom is -0.467 e. The lowest BCUT2D eigenvalue weighted by Gasteiger charge is -2.21. The third-order valence-corrected chi connectivity index (χ3v) is 5.66. The molecule has 0 saturated heterocycles. The van der Waals surface area contributed by atoms with Crippen LogP contribution in [0.25, 0.3) is 5.69 Å². The van der Waals surface area contributed by atoms with Crippen molar-refractivity contribution in [3.63, 3.8) is 0 Å². The third kappa shape index (κ3) is 4.00. The first kappa shape index (κ1) is 19.1. The van der Waals surface area contributed by atoms with Gasteiger partial charge in [0.1, 0.15) is 17.3 Å². The molecule has 5 nitrogen and oxygen atoms in total. The first-order chi connectivity index (χ1) is 14.0. The molecule has 0 bridgehead atoms. The monoisotopic (exact) mass is 409 g/mol. The van der Waals surface area contributed by atoms with Gasteiger partial charge in [-0.25, -0.2) is 9.07 Å². The third-order valence-electron chi connectivity index (χ3n) is 4.68. The molecule has 1 amide bonds. The van der Waals surface area contributed by atoms with Gasteiger partial charge in [-0.2, -0.15) is 5.10 Å². The summed E-state index contributed by atoms with van der Waals surface area (Å²) in [5.41, 5.74) is 1.34. The normalized spacial score (nSPS) is 11.0. The van der Waals surface area contributed by atoms with E-state index in [1.54, 1.807) is 53.7 Å². The number of thiophene rings is 1. The largest absolute Gasteiger partial charge is 0.467 e. The molecule has 148 valence electrons. The maximum absolute atomic E-state index is 14.2. The Morgan fingerprint density at radius 1 is 1.14 bits per heavy atom. The van der Waals surface area contributed by atoms with E-state index in [-0.39, 0.29) is 11.7 Å². The first-order valence-corrected chi connectivity index (χ1v) is 10.0. The SMILES string of the molecule is Cc1ccc(CN(Cc2ccco2)C(=O)c2cnn(-c3ccccc3F)c2C)s1. The van der Waals surface area contributed by atoms with Crippen molar-refractivity contribution in [1.82, 2.24) is 14.7 Å². The Morgan fingerprint density at radius 3 is 2.66 bits per heavy atom. The molecule has 29 heavy (non-hydrogen) atoms. The molecule has 0 aliphatic carbocycles. The van der Waals surface area contributed by atoms with Crippen molar-refractivity contribution in [3.8, 4) is 5.69 Å². The van der Waals surface area contributed by atoms with E-state index < -0.39 is 0 Å². The number of nitrogens with zero attached hydrogens (tertiary/aromatic N) is 3. The smallest absolute Gasteiger partial charge is 0.258 e. The number of aryl methyl sites for hydroxylation is 1. The zero-order valence-corrected chi connectivity index (χ0v) is 16.9. The number of amides is 1. The highest BCUT2D eigenvalue weighted by molar-refractivity contribution is 7.11. The molecule has 0 unspecified atom stereocenters. The lowest BCUT2D eigenvalue weighted by molar-refractivity contribution is 0.0718. The average Bonchev–Trinajstić information content (AvgIpc) is 3.44. The number of carbonyl (C=O) groups excluding carboxylic acids is 1. The summed E-state index contributed by atoms with van der Waals surface area (Å²) in [6.45, 7) is 4.61. The summed E-state index contributed by atoms with van der Waals surface area (Å²) < 4.78 is 21.1. The van der Waals surface area contributed by atoms with Crippen LogP contribution in [0.15, 0.2) is 65.4 Å². The first-order valence-electron chi connectivity index (χ1n) is 9.19. The van der Waals surface area contributed by atoms with Crippen molar-refractivity contribution < 1.29 is 13.6 Å². The number of rotatable bonds is 6. The van der Waals surface area contributed by atoms with Crippen molar-refractivity contribution in [2.45, 2.75) is 26.9 Å². The van der Waals surface area contributed by atoms with E-state index in [4.69, 9.17) is 4.42 Å². The van der Waals surface area contributed by atoms with Crippen molar-refractivity contribution >= 4 is 17.2 Å². The minimum absolute atomic E-state index is 0.174. The molecule has 0 fully saturated rings. The fourth-order valence-corrected chi connectivity index (χ4v) is 4.11. The molecule has 0 atom stereocenters. The highest BCUT2D eigenvalue weighted by atomic mass is 32.1. The van der Waals surface area contributed by atoms with Gasteiger partial charge in [-0.3, -0.25) is 4.79 Å². The fourth-order valence-electron chi connectivity index (χ4n) is 3.20. The zero-order chi connectivity index (χ0) is 20.4. The lowest BCUT2D eigenvalue weighted by atomic mass is 10.2. The van der Waals surface area contributed by atoms with Crippen LogP contribution in [0.3, 0.4) is 0 Å². The number of hydrogen-bond donors (Lipinski definition) is 0. The molecule has 3 aromatic heterocycles. The molecule has 1 aromatic carbocycles. The van der Waals surface area contributed by atoms with Crippen LogP contribution in [0, 0.1) is 19.7 Å². The molecule has 0 spiro atoms. The number of aromatic nitrogens is 2. The van der Waals surface area contributed by atoms with Crippen molar-refractivity contribution in [2.24, 2.45) is 0 Å². The quantitative estimate of drug-likeness (QED) is 0.444. The van der Waals surface area contributed by atoms with Gasteiger partial charge in [0, 0.05) is 9.75 Å². The number of halogens is 1. The average molecular weight is 409 g/mol. The second-order valence-electron chi connectivity index (χ2n) is 6.76. The van der Waals surface area contributed by atoms with Crippen LogP contribution < -0.4 is 0 Å². The van der Waals surface area contributed by atoms with Gasteiger partial charge in [0.25, 0.3) is 5.91 Å². The molecule has 4 rings (SSSR count). The van der Waals surface area contributed by atoms with Crippen LogP contribution in [-0.2, 0) is 13.1 Å². The van der Waals surface area contributed by atoms with Gasteiger partial charge in [0.05, 0.1) is 36.8 Å². The van der Waals surface area contributed by atoms with Gasteiger partial charge >= 0.3 is 0 Å². The van der Waals surface area contributed by atoms with Crippen LogP contribution in [0.4, 0.5) is 4.39 Å². The van der Waals surface area contributed by atoms with Gasteiger partial charge < -0.3 is 9.32 Å². The number of furan rings is 1. The van der Waals surface area contributed by atoms with Gasteiger partial charge in [-0.05, 0) is 50.2 Å². The standard InChI is InChI=1S/C22H20FN3O2S/c1-15-9-10-18(29-15)14-25(13-17-6-5-11-28-17)22(27)19-12-24-26(16(19)2)21-8-4-3-7-20(21)23/h3-12H,13-14H2,1-2H3. The van der Waals surface area contributed by atoms with Gasteiger partial charge in [-0.15, -0.1) is 11.3 Å². The van der Waals surface area contributed by atoms with E-state index in [1.807, 2.05) is 25.1 Å². The predicted octanol–water partition coefficient (Wildman–Crippen LogP) is 5.13. The van der Waals surface area contributed by atoms with E-state index in [0.29, 0.717) is 35.8 Å². The van der Waals surface area contributed by atoms with Crippen molar-refractivity contribution in [1.29, 1.82) is 0 Å². The summed E-state index contributed by atoms with van der Waals surface area (Å²) >= 11 is 1.65. The second-order valence-corrected chi connectivity index (χ2v) is 8.13. The number of hydrogen-bond acceptors (Lipinski definition) is 4. The highest BCUT2D eigenvalue weighted by Gasteiger charge is 2.23. The Kier molecular flexibility index (Phi) is 5.31. The molecule has 0 saturated carbocycles. The molecule has 3 heterocycles. The van der Waals surface area contributed by atoms with Crippen LogP contribution in [0.5, 0.6) is 0 Å². The fraction of sp³-hybridized carbons (Fsp3) is 0.182. The maximum Gasteiger partial charge on any atom is 0.258 e. The van der Waals surface area contributed by atoms with Gasteiger partial charge in [0.15, 0.2) is 0 Å². The molecular weight excluding hydrogens is 389 g/mol. The van der Waals surface area contributed by atoms with Crippen molar-refractivity contribution in [3.05, 3.63) is 93.6 Å². The van der Waals surface area contributed by atoms with E-state index >= 15 is 0 Å². The number of benzene rings is 1. The highest BCUT2D eigenvalue weighted by Crippen LogP contribution is 2.23. The summed E-state index contributed by atoms with van der Waals surface area (Å²) in [6, 6.07) is 14.1. The number of carbonyl (C=O) groups is 1. The van der Waals surface area contributed by atoms with E-state index in [0.717, 1.165) is 4.88 Å². The van der Waals surface area contributed by atoms with Crippen LogP contribution in [0.2, 0.25) is 0 Å².